The standard InChI is InChI=1S/C12H14F4N2/c1-7(2)5-11(18-17)9-6-8(12(14,15)16)3-4-10(9)13/h3-4,6,11,18H,1,5,17H2,2H3. The number of hydrazine groups is 1. The van der Waals surface area contributed by atoms with Crippen molar-refractivity contribution < 1.29 is 17.6 Å². The predicted octanol–water partition coefficient (Wildman–Crippen LogP) is 3.32. The van der Waals surface area contributed by atoms with Crippen LogP contribution < -0.4 is 11.3 Å². The third-order valence-electron chi connectivity index (χ3n) is 2.45. The molecule has 18 heavy (non-hydrogen) atoms. The fourth-order valence-electron chi connectivity index (χ4n) is 1.59. The van der Waals surface area contributed by atoms with Crippen LogP contribution in [0.1, 0.15) is 30.5 Å². The molecule has 0 radical (unpaired) electrons. The van der Waals surface area contributed by atoms with Crippen LogP contribution in [0.25, 0.3) is 0 Å². The molecule has 1 unspecified atom stereocenters. The molecular formula is C12H14F4N2. The highest BCUT2D eigenvalue weighted by atomic mass is 19.4. The second kappa shape index (κ2) is 5.49. The van der Waals surface area contributed by atoms with E-state index < -0.39 is 23.6 Å². The van der Waals surface area contributed by atoms with Gasteiger partial charge in [0.15, 0.2) is 0 Å². The number of benzene rings is 1. The number of hydrogen-bond donors (Lipinski definition) is 2. The SMILES string of the molecule is C=C(C)CC(NN)c1cc(C(F)(F)F)ccc1F. The largest absolute Gasteiger partial charge is 0.416 e. The summed E-state index contributed by atoms with van der Waals surface area (Å²) in [6.07, 6.45) is -4.25. The summed E-state index contributed by atoms with van der Waals surface area (Å²) in [5, 5.41) is 0. The summed E-state index contributed by atoms with van der Waals surface area (Å²) in [6, 6.07) is 1.53. The minimum Gasteiger partial charge on any atom is -0.271 e. The van der Waals surface area contributed by atoms with E-state index in [4.69, 9.17) is 5.84 Å². The number of halogens is 4. The summed E-state index contributed by atoms with van der Waals surface area (Å²) in [5.41, 5.74) is 1.97. The van der Waals surface area contributed by atoms with Crippen LogP contribution in [0, 0.1) is 5.82 Å². The molecule has 0 saturated carbocycles. The summed E-state index contributed by atoms with van der Waals surface area (Å²) in [5.74, 6) is 4.51. The molecule has 1 aromatic rings. The molecule has 0 aromatic heterocycles. The van der Waals surface area contributed by atoms with Crippen molar-refractivity contribution in [2.24, 2.45) is 5.84 Å². The van der Waals surface area contributed by atoms with Crippen LogP contribution in [0.5, 0.6) is 0 Å². The number of alkyl halides is 3. The van der Waals surface area contributed by atoms with Gasteiger partial charge in [-0.2, -0.15) is 13.2 Å². The van der Waals surface area contributed by atoms with Gasteiger partial charge >= 0.3 is 6.18 Å². The minimum absolute atomic E-state index is 0.115. The fraction of sp³-hybridized carbons (Fsp3) is 0.333. The third-order valence-corrected chi connectivity index (χ3v) is 2.45. The van der Waals surface area contributed by atoms with E-state index >= 15 is 0 Å². The first-order valence-electron chi connectivity index (χ1n) is 5.23. The first-order chi connectivity index (χ1) is 8.25. The molecule has 0 spiro atoms. The van der Waals surface area contributed by atoms with E-state index in [0.717, 1.165) is 12.1 Å². The first-order valence-corrected chi connectivity index (χ1v) is 5.23. The average Bonchev–Trinajstić information content (AvgIpc) is 2.25. The van der Waals surface area contributed by atoms with Gasteiger partial charge in [-0.15, -0.1) is 6.58 Å². The molecule has 0 aliphatic heterocycles. The Balaban J connectivity index is 3.17. The van der Waals surface area contributed by atoms with Crippen LogP contribution in [-0.4, -0.2) is 0 Å². The van der Waals surface area contributed by atoms with Gasteiger partial charge in [-0.3, -0.25) is 11.3 Å². The zero-order valence-corrected chi connectivity index (χ0v) is 9.81. The van der Waals surface area contributed by atoms with Crippen LogP contribution in [0.4, 0.5) is 17.6 Å². The van der Waals surface area contributed by atoms with Crippen molar-refractivity contribution in [2.75, 3.05) is 0 Å². The highest BCUT2D eigenvalue weighted by Gasteiger charge is 2.31. The van der Waals surface area contributed by atoms with E-state index in [1.165, 1.54) is 0 Å². The molecule has 0 aliphatic rings. The second-order valence-corrected chi connectivity index (χ2v) is 4.11. The molecule has 0 heterocycles. The van der Waals surface area contributed by atoms with Gasteiger partial charge in [-0.05, 0) is 31.5 Å². The van der Waals surface area contributed by atoms with Gasteiger partial charge in [-0.25, -0.2) is 4.39 Å². The minimum atomic E-state index is -4.51. The van der Waals surface area contributed by atoms with Crippen LogP contribution in [-0.2, 0) is 6.18 Å². The van der Waals surface area contributed by atoms with E-state index in [0.29, 0.717) is 11.6 Å². The molecular weight excluding hydrogens is 248 g/mol. The lowest BCUT2D eigenvalue weighted by Gasteiger charge is -2.18. The van der Waals surface area contributed by atoms with Gasteiger partial charge in [0.25, 0.3) is 0 Å². The van der Waals surface area contributed by atoms with Crippen molar-refractivity contribution in [1.82, 2.24) is 5.43 Å². The van der Waals surface area contributed by atoms with E-state index in [-0.39, 0.29) is 12.0 Å². The Morgan fingerprint density at radius 2 is 2.06 bits per heavy atom. The molecule has 0 aliphatic carbocycles. The molecule has 0 saturated heterocycles. The smallest absolute Gasteiger partial charge is 0.271 e. The highest BCUT2D eigenvalue weighted by molar-refractivity contribution is 5.30. The van der Waals surface area contributed by atoms with Crippen LogP contribution in [0.15, 0.2) is 30.4 Å². The molecule has 2 nitrogen and oxygen atoms in total. The van der Waals surface area contributed by atoms with Gasteiger partial charge in [0.05, 0.1) is 11.6 Å². The number of nitrogens with one attached hydrogen (secondary N) is 1. The normalized spacial score (nSPS) is 13.4. The Hall–Kier alpha value is -1.40. The van der Waals surface area contributed by atoms with Crippen molar-refractivity contribution in [1.29, 1.82) is 0 Å². The second-order valence-electron chi connectivity index (χ2n) is 4.11. The molecule has 3 N–H and O–H groups in total. The lowest BCUT2D eigenvalue weighted by atomic mass is 9.98. The predicted molar refractivity (Wildman–Crippen MR) is 60.9 cm³/mol. The highest BCUT2D eigenvalue weighted by Crippen LogP contribution is 2.32. The van der Waals surface area contributed by atoms with Gasteiger partial charge in [-0.1, -0.05) is 5.57 Å². The Bertz CT molecular complexity index is 440. The molecule has 0 amide bonds. The quantitative estimate of drug-likeness (QED) is 0.378. The molecule has 1 rings (SSSR count). The zero-order chi connectivity index (χ0) is 13.9. The van der Waals surface area contributed by atoms with Gasteiger partial charge in [0.1, 0.15) is 5.82 Å². The number of nitrogens with two attached hydrogens (primary N) is 1. The van der Waals surface area contributed by atoms with Crippen LogP contribution in [0.2, 0.25) is 0 Å². The lowest BCUT2D eigenvalue weighted by molar-refractivity contribution is -0.137. The number of rotatable bonds is 4. The van der Waals surface area contributed by atoms with E-state index in [1.54, 1.807) is 6.92 Å². The monoisotopic (exact) mass is 262 g/mol. The molecule has 6 heteroatoms. The Kier molecular flexibility index (Phi) is 4.48. The van der Waals surface area contributed by atoms with Crippen molar-refractivity contribution >= 4 is 0 Å². The molecule has 100 valence electrons. The number of hydrogen-bond acceptors (Lipinski definition) is 2. The van der Waals surface area contributed by atoms with Crippen molar-refractivity contribution in [3.63, 3.8) is 0 Å². The summed E-state index contributed by atoms with van der Waals surface area (Å²) in [6.45, 7) is 5.32. The van der Waals surface area contributed by atoms with Crippen molar-refractivity contribution in [2.45, 2.75) is 25.6 Å². The van der Waals surface area contributed by atoms with Gasteiger partial charge in [0, 0.05) is 5.56 Å². The third kappa shape index (κ3) is 3.54. The molecule has 0 fully saturated rings. The van der Waals surface area contributed by atoms with E-state index in [2.05, 4.69) is 12.0 Å². The molecule has 0 bridgehead atoms. The van der Waals surface area contributed by atoms with E-state index in [1.807, 2.05) is 0 Å². The summed E-state index contributed by atoms with van der Waals surface area (Å²) in [7, 11) is 0. The Morgan fingerprint density at radius 3 is 2.50 bits per heavy atom. The summed E-state index contributed by atoms with van der Waals surface area (Å²) >= 11 is 0. The fourth-order valence-corrected chi connectivity index (χ4v) is 1.59. The Labute approximate surface area is 102 Å². The lowest BCUT2D eigenvalue weighted by Crippen LogP contribution is -2.29. The van der Waals surface area contributed by atoms with E-state index in [9.17, 15) is 17.6 Å². The average molecular weight is 262 g/mol. The van der Waals surface area contributed by atoms with Crippen LogP contribution >= 0.6 is 0 Å². The summed E-state index contributed by atoms with van der Waals surface area (Å²) in [4.78, 5) is 0. The summed E-state index contributed by atoms with van der Waals surface area (Å²) < 4.78 is 51.2. The maximum Gasteiger partial charge on any atom is 0.416 e. The topological polar surface area (TPSA) is 38.0 Å². The van der Waals surface area contributed by atoms with Gasteiger partial charge < -0.3 is 0 Å². The Morgan fingerprint density at radius 1 is 1.44 bits per heavy atom. The van der Waals surface area contributed by atoms with Crippen LogP contribution in [0.3, 0.4) is 0 Å². The van der Waals surface area contributed by atoms with Crippen molar-refractivity contribution in [3.05, 3.63) is 47.3 Å². The first kappa shape index (κ1) is 14.7. The maximum atomic E-state index is 13.6. The van der Waals surface area contributed by atoms with Crippen molar-refractivity contribution in [3.8, 4) is 0 Å². The molecule has 1 aromatic carbocycles. The molecule has 1 atom stereocenters. The zero-order valence-electron chi connectivity index (χ0n) is 9.81. The maximum absolute atomic E-state index is 13.6. The van der Waals surface area contributed by atoms with Gasteiger partial charge in [0.2, 0.25) is 0 Å².